The van der Waals surface area contributed by atoms with Crippen molar-refractivity contribution in [2.45, 2.75) is 37.1 Å². The van der Waals surface area contributed by atoms with Gasteiger partial charge in [-0.05, 0) is 55.2 Å². The second-order valence-corrected chi connectivity index (χ2v) is 10.5. The maximum atomic E-state index is 13.0. The van der Waals surface area contributed by atoms with Gasteiger partial charge in [-0.2, -0.15) is 4.31 Å². The molecule has 2 aliphatic rings. The van der Waals surface area contributed by atoms with Crippen molar-refractivity contribution in [3.8, 4) is 0 Å². The van der Waals surface area contributed by atoms with Gasteiger partial charge in [-0.3, -0.25) is 9.20 Å². The van der Waals surface area contributed by atoms with Crippen molar-refractivity contribution >= 4 is 33.0 Å². The molecule has 2 aliphatic heterocycles. The third kappa shape index (κ3) is 3.84. The average molecular weight is 459 g/mol. The van der Waals surface area contributed by atoms with E-state index in [9.17, 15) is 13.2 Å². The Hall–Kier alpha value is -2.42. The molecule has 0 spiro atoms. The fourth-order valence-corrected chi connectivity index (χ4v) is 6.16. The van der Waals surface area contributed by atoms with Crippen LogP contribution in [0.1, 0.15) is 30.5 Å². The lowest BCUT2D eigenvalue weighted by Crippen LogP contribution is -2.35. The summed E-state index contributed by atoms with van der Waals surface area (Å²) in [6.07, 6.45) is 5.25. The summed E-state index contributed by atoms with van der Waals surface area (Å²) in [6.45, 7) is 2.43. The first-order valence-corrected chi connectivity index (χ1v) is 12.3. The van der Waals surface area contributed by atoms with E-state index in [2.05, 4.69) is 9.88 Å². The zero-order valence-corrected chi connectivity index (χ0v) is 18.6. The van der Waals surface area contributed by atoms with Crippen LogP contribution in [-0.4, -0.2) is 41.7 Å². The number of sulfonamides is 1. The van der Waals surface area contributed by atoms with E-state index in [-0.39, 0.29) is 5.56 Å². The second kappa shape index (κ2) is 7.93. The topological polar surface area (TPSA) is 75.0 Å². The van der Waals surface area contributed by atoms with Crippen LogP contribution in [0.2, 0.25) is 5.02 Å². The Kier molecular flexibility index (Phi) is 5.24. The van der Waals surface area contributed by atoms with E-state index in [1.807, 2.05) is 12.1 Å². The second-order valence-electron chi connectivity index (χ2n) is 8.09. The van der Waals surface area contributed by atoms with Gasteiger partial charge in [0.05, 0.1) is 22.2 Å². The molecule has 0 radical (unpaired) electrons. The normalized spacial score (nSPS) is 17.3. The molecule has 1 fully saturated rings. The lowest BCUT2D eigenvalue weighted by Gasteiger charge is -2.26. The minimum atomic E-state index is -3.45. The monoisotopic (exact) mass is 458 g/mol. The smallest absolute Gasteiger partial charge is 0.258 e. The zero-order valence-electron chi connectivity index (χ0n) is 17.0. The van der Waals surface area contributed by atoms with Crippen molar-refractivity contribution in [2.24, 2.45) is 0 Å². The fraction of sp³-hybridized carbons (Fsp3) is 0.364. The summed E-state index contributed by atoms with van der Waals surface area (Å²) >= 11 is 5.98. The van der Waals surface area contributed by atoms with Gasteiger partial charge in [-0.1, -0.05) is 18.0 Å². The molecule has 0 bridgehead atoms. The van der Waals surface area contributed by atoms with Crippen LogP contribution >= 0.6 is 11.6 Å². The predicted octanol–water partition coefficient (Wildman–Crippen LogP) is 3.09. The minimum absolute atomic E-state index is 0.176. The number of benzene rings is 1. The van der Waals surface area contributed by atoms with Gasteiger partial charge in [-0.15, -0.1) is 0 Å². The number of aromatic nitrogens is 2. The quantitative estimate of drug-likeness (QED) is 0.600. The number of hydrogen-bond acceptors (Lipinski definition) is 5. The summed E-state index contributed by atoms with van der Waals surface area (Å²) in [6, 6.07) is 10.4. The van der Waals surface area contributed by atoms with Crippen LogP contribution in [0.4, 0.5) is 5.69 Å². The maximum absolute atomic E-state index is 13.0. The molecule has 1 aromatic carbocycles. The third-order valence-electron chi connectivity index (χ3n) is 6.02. The van der Waals surface area contributed by atoms with E-state index in [0.717, 1.165) is 43.5 Å². The van der Waals surface area contributed by atoms with Crippen molar-refractivity contribution < 1.29 is 8.42 Å². The van der Waals surface area contributed by atoms with E-state index < -0.39 is 10.0 Å². The highest BCUT2D eigenvalue weighted by molar-refractivity contribution is 7.89. The standard InChI is InChI=1S/C22H23ClN4O3S/c23-17-4-7-21-24-18(13-22(28)27(21)14-17)15-25-11-8-16-12-19(5-6-20(16)25)31(29,30)26-9-2-1-3-10-26/h4-7,12-14H,1-3,8-11,15H2. The number of nitrogens with zero attached hydrogens (tertiary/aromatic N) is 4. The van der Waals surface area contributed by atoms with Crippen LogP contribution in [0.25, 0.3) is 5.65 Å². The Morgan fingerprint density at radius 2 is 1.81 bits per heavy atom. The molecule has 0 unspecified atom stereocenters. The van der Waals surface area contributed by atoms with E-state index in [1.165, 1.54) is 10.5 Å². The molecule has 9 heteroatoms. The highest BCUT2D eigenvalue weighted by Gasteiger charge is 2.28. The van der Waals surface area contributed by atoms with Crippen LogP contribution in [0.3, 0.4) is 0 Å². The Balaban J connectivity index is 1.41. The first-order valence-electron chi connectivity index (χ1n) is 10.5. The summed E-state index contributed by atoms with van der Waals surface area (Å²) in [4.78, 5) is 19.6. The highest BCUT2D eigenvalue weighted by atomic mass is 35.5. The molecule has 0 atom stereocenters. The number of halogens is 1. The third-order valence-corrected chi connectivity index (χ3v) is 8.14. The van der Waals surface area contributed by atoms with E-state index in [4.69, 9.17) is 11.6 Å². The SMILES string of the molecule is O=c1cc(CN2CCc3cc(S(=O)(=O)N4CCCCC4)ccc32)nc2ccc(Cl)cn12. The number of fused-ring (bicyclic) bond motifs is 2. The molecule has 2 aromatic heterocycles. The summed E-state index contributed by atoms with van der Waals surface area (Å²) in [7, 11) is -3.45. The largest absolute Gasteiger partial charge is 0.365 e. The summed E-state index contributed by atoms with van der Waals surface area (Å²) in [5.74, 6) is 0. The molecular formula is C22H23ClN4O3S. The predicted molar refractivity (Wildman–Crippen MR) is 120 cm³/mol. The molecule has 0 N–H and O–H groups in total. The van der Waals surface area contributed by atoms with Crippen LogP contribution < -0.4 is 10.5 Å². The van der Waals surface area contributed by atoms with E-state index >= 15 is 0 Å². The molecule has 0 amide bonds. The summed E-state index contributed by atoms with van der Waals surface area (Å²) in [5.41, 5.74) is 3.06. The fourth-order valence-electron chi connectivity index (χ4n) is 4.43. The van der Waals surface area contributed by atoms with Gasteiger partial charge >= 0.3 is 0 Å². The van der Waals surface area contributed by atoms with Crippen LogP contribution in [0.5, 0.6) is 0 Å². The van der Waals surface area contributed by atoms with Crippen molar-refractivity contribution in [3.05, 3.63) is 69.2 Å². The zero-order chi connectivity index (χ0) is 21.6. The molecule has 3 aromatic rings. The molecule has 4 heterocycles. The molecule has 1 saturated heterocycles. The van der Waals surface area contributed by atoms with Crippen molar-refractivity contribution in [1.29, 1.82) is 0 Å². The van der Waals surface area contributed by atoms with Gasteiger partial charge in [0.1, 0.15) is 5.65 Å². The molecule has 31 heavy (non-hydrogen) atoms. The van der Waals surface area contributed by atoms with Gasteiger partial charge < -0.3 is 4.90 Å². The van der Waals surface area contributed by atoms with E-state index in [0.29, 0.717) is 40.9 Å². The first kappa shape index (κ1) is 20.5. The Labute approximate surface area is 185 Å². The molecule has 0 saturated carbocycles. The van der Waals surface area contributed by atoms with Crippen molar-refractivity contribution in [2.75, 3.05) is 24.5 Å². The minimum Gasteiger partial charge on any atom is -0.365 e. The molecule has 7 nitrogen and oxygen atoms in total. The number of rotatable bonds is 4. The number of hydrogen-bond donors (Lipinski definition) is 0. The maximum Gasteiger partial charge on any atom is 0.258 e. The Morgan fingerprint density at radius 3 is 2.61 bits per heavy atom. The van der Waals surface area contributed by atoms with Gasteiger partial charge in [0.15, 0.2) is 0 Å². The van der Waals surface area contributed by atoms with Gasteiger partial charge in [0.25, 0.3) is 5.56 Å². The van der Waals surface area contributed by atoms with Crippen LogP contribution in [-0.2, 0) is 23.0 Å². The number of pyridine rings is 1. The lowest BCUT2D eigenvalue weighted by molar-refractivity contribution is 0.346. The highest BCUT2D eigenvalue weighted by Crippen LogP contribution is 2.32. The molecule has 5 rings (SSSR count). The summed E-state index contributed by atoms with van der Waals surface area (Å²) < 4.78 is 29.0. The van der Waals surface area contributed by atoms with Gasteiger partial charge in [0, 0.05) is 37.6 Å². The molecule has 162 valence electrons. The first-order chi connectivity index (χ1) is 14.9. The van der Waals surface area contributed by atoms with Crippen molar-refractivity contribution in [3.63, 3.8) is 0 Å². The van der Waals surface area contributed by atoms with E-state index in [1.54, 1.807) is 28.7 Å². The number of piperidine rings is 1. The van der Waals surface area contributed by atoms with Crippen LogP contribution in [0, 0.1) is 0 Å². The molecule has 0 aliphatic carbocycles. The van der Waals surface area contributed by atoms with Gasteiger partial charge in [-0.25, -0.2) is 13.4 Å². The number of anilines is 1. The summed E-state index contributed by atoms with van der Waals surface area (Å²) in [5, 5.41) is 0.480. The van der Waals surface area contributed by atoms with Gasteiger partial charge in [0.2, 0.25) is 10.0 Å². The Bertz CT molecular complexity index is 1320. The lowest BCUT2D eigenvalue weighted by atomic mass is 10.2. The average Bonchev–Trinajstić information content (AvgIpc) is 3.17. The molecular weight excluding hydrogens is 436 g/mol. The Morgan fingerprint density at radius 1 is 1.00 bits per heavy atom. The van der Waals surface area contributed by atoms with Crippen molar-refractivity contribution in [1.82, 2.24) is 13.7 Å². The van der Waals surface area contributed by atoms with Crippen LogP contribution in [0.15, 0.2) is 52.3 Å².